The van der Waals surface area contributed by atoms with Crippen molar-refractivity contribution >= 4 is 17.0 Å². The number of anilines is 1. The lowest BCUT2D eigenvalue weighted by Gasteiger charge is -2.21. The first kappa shape index (κ1) is 11.6. The third-order valence-electron chi connectivity index (χ3n) is 2.56. The van der Waals surface area contributed by atoms with Gasteiger partial charge in [-0.25, -0.2) is 4.21 Å². The molecule has 1 N–H and O–H groups in total. The molecule has 1 aromatic heterocycles. The van der Waals surface area contributed by atoms with Crippen LogP contribution in [-0.2, 0) is 23.1 Å². The molecular formula is C9H15N3O3S. The molecule has 6 nitrogen and oxygen atoms in total. The summed E-state index contributed by atoms with van der Waals surface area (Å²) in [6, 6.07) is 0. The summed E-state index contributed by atoms with van der Waals surface area (Å²) in [7, 11) is 1.77. The Bertz CT molecular complexity index is 376. The van der Waals surface area contributed by atoms with Crippen molar-refractivity contribution in [2.45, 2.75) is 18.9 Å². The third-order valence-corrected chi connectivity index (χ3v) is 3.30. The van der Waals surface area contributed by atoms with Crippen LogP contribution in [0.25, 0.3) is 0 Å². The van der Waals surface area contributed by atoms with Crippen molar-refractivity contribution in [3.8, 4) is 0 Å². The van der Waals surface area contributed by atoms with Crippen LogP contribution < -0.4 is 4.31 Å². The van der Waals surface area contributed by atoms with Crippen molar-refractivity contribution in [3.63, 3.8) is 0 Å². The summed E-state index contributed by atoms with van der Waals surface area (Å²) in [5, 5.41) is 3.98. The molecule has 0 radical (unpaired) electrons. The van der Waals surface area contributed by atoms with Gasteiger partial charge in [0.1, 0.15) is 0 Å². The normalized spacial score (nSPS) is 22.2. The summed E-state index contributed by atoms with van der Waals surface area (Å²) in [5.74, 6) is 0. The van der Waals surface area contributed by atoms with E-state index in [0.717, 1.165) is 19.4 Å². The van der Waals surface area contributed by atoms with Crippen molar-refractivity contribution in [2.75, 3.05) is 17.5 Å². The lowest BCUT2D eigenvalue weighted by atomic mass is 10.2. The molecule has 7 heteroatoms. The Labute approximate surface area is 96.6 Å². The number of aryl methyl sites for hydroxylation is 1. The Kier molecular flexibility index (Phi) is 3.57. The maximum atomic E-state index is 11.2. The Morgan fingerprint density at radius 2 is 2.62 bits per heavy atom. The summed E-state index contributed by atoms with van der Waals surface area (Å²) in [5.41, 5.74) is 0.638. The zero-order valence-electron chi connectivity index (χ0n) is 9.07. The maximum absolute atomic E-state index is 11.2. The molecule has 2 rings (SSSR count). The molecule has 2 atom stereocenters. The minimum Gasteiger partial charge on any atom is -0.376 e. The van der Waals surface area contributed by atoms with Gasteiger partial charge < -0.3 is 4.74 Å². The van der Waals surface area contributed by atoms with Crippen LogP contribution in [0.4, 0.5) is 5.69 Å². The average molecular weight is 245 g/mol. The predicted octanol–water partition coefficient (Wildman–Crippen LogP) is 0.542. The molecule has 1 unspecified atom stereocenters. The van der Waals surface area contributed by atoms with Crippen molar-refractivity contribution < 1.29 is 13.5 Å². The van der Waals surface area contributed by atoms with Crippen LogP contribution in [0.3, 0.4) is 0 Å². The van der Waals surface area contributed by atoms with Crippen molar-refractivity contribution in [1.29, 1.82) is 0 Å². The molecule has 0 aliphatic carbocycles. The van der Waals surface area contributed by atoms with Crippen molar-refractivity contribution in [2.24, 2.45) is 7.05 Å². The van der Waals surface area contributed by atoms with Crippen LogP contribution in [0.2, 0.25) is 0 Å². The lowest BCUT2D eigenvalue weighted by molar-refractivity contribution is 0.118. The second-order valence-corrected chi connectivity index (χ2v) is 4.70. The van der Waals surface area contributed by atoms with Crippen LogP contribution in [0.15, 0.2) is 12.4 Å². The van der Waals surface area contributed by atoms with E-state index in [2.05, 4.69) is 5.10 Å². The Hall–Kier alpha value is -0.920. The molecule has 1 aliphatic rings. The van der Waals surface area contributed by atoms with Gasteiger partial charge in [0.15, 0.2) is 0 Å². The van der Waals surface area contributed by atoms with E-state index in [1.807, 2.05) is 0 Å². The van der Waals surface area contributed by atoms with E-state index in [1.54, 1.807) is 24.1 Å². The quantitative estimate of drug-likeness (QED) is 0.786. The molecule has 2 heterocycles. The first-order valence-electron chi connectivity index (χ1n) is 5.15. The molecule has 1 saturated heterocycles. The van der Waals surface area contributed by atoms with E-state index in [1.165, 1.54) is 4.31 Å². The zero-order chi connectivity index (χ0) is 11.5. The molecular weight excluding hydrogens is 230 g/mol. The first-order chi connectivity index (χ1) is 7.66. The topological polar surface area (TPSA) is 67.6 Å². The minimum absolute atomic E-state index is 0.0382. The van der Waals surface area contributed by atoms with Gasteiger partial charge in [-0.1, -0.05) is 0 Å². The van der Waals surface area contributed by atoms with Crippen molar-refractivity contribution in [3.05, 3.63) is 12.4 Å². The highest BCUT2D eigenvalue weighted by Gasteiger charge is 2.23. The van der Waals surface area contributed by atoms with E-state index >= 15 is 0 Å². The minimum atomic E-state index is -2.04. The summed E-state index contributed by atoms with van der Waals surface area (Å²) in [6.45, 7) is 1.17. The average Bonchev–Trinajstić information content (AvgIpc) is 2.84. The van der Waals surface area contributed by atoms with Gasteiger partial charge in [0.2, 0.25) is 0 Å². The van der Waals surface area contributed by atoms with Crippen LogP contribution >= 0.6 is 0 Å². The van der Waals surface area contributed by atoms with E-state index in [-0.39, 0.29) is 6.10 Å². The number of ether oxygens (including phenoxy) is 1. The second kappa shape index (κ2) is 4.94. The Morgan fingerprint density at radius 3 is 3.12 bits per heavy atom. The zero-order valence-corrected chi connectivity index (χ0v) is 9.89. The second-order valence-electron chi connectivity index (χ2n) is 3.80. The van der Waals surface area contributed by atoms with Crippen LogP contribution in [0.5, 0.6) is 0 Å². The molecule has 0 saturated carbocycles. The van der Waals surface area contributed by atoms with E-state index in [4.69, 9.17) is 4.74 Å². The maximum Gasteiger partial charge on any atom is 0.262 e. The lowest BCUT2D eigenvalue weighted by Crippen LogP contribution is -2.33. The van der Waals surface area contributed by atoms with Gasteiger partial charge in [-0.3, -0.25) is 13.5 Å². The van der Waals surface area contributed by atoms with E-state index in [0.29, 0.717) is 12.2 Å². The predicted molar refractivity (Wildman–Crippen MR) is 60.3 cm³/mol. The number of hydrogen-bond acceptors (Lipinski definition) is 3. The highest BCUT2D eigenvalue weighted by atomic mass is 32.2. The van der Waals surface area contributed by atoms with Gasteiger partial charge in [-0.15, -0.1) is 0 Å². The van der Waals surface area contributed by atoms with E-state index in [9.17, 15) is 8.76 Å². The first-order valence-corrected chi connectivity index (χ1v) is 6.22. The van der Waals surface area contributed by atoms with Crippen LogP contribution in [-0.4, -0.2) is 37.8 Å². The van der Waals surface area contributed by atoms with E-state index < -0.39 is 11.3 Å². The summed E-state index contributed by atoms with van der Waals surface area (Å²) < 4.78 is 28.9. The SMILES string of the molecule is Cn1cc(N(C[C@H]2CCCO2)S(=O)O)cn1. The molecule has 90 valence electrons. The number of nitrogens with zero attached hydrogens (tertiary/aromatic N) is 3. The fourth-order valence-electron chi connectivity index (χ4n) is 1.77. The van der Waals surface area contributed by atoms with Gasteiger partial charge in [0, 0.05) is 19.9 Å². The van der Waals surface area contributed by atoms with Gasteiger partial charge in [0.25, 0.3) is 11.3 Å². The standard InChI is InChI=1S/C9H15N3O3S/c1-11-6-8(5-10-11)12(16(13)14)7-9-3-2-4-15-9/h5-6,9H,2-4,7H2,1H3,(H,13,14)/t9-/m1/s1. The number of rotatable bonds is 4. The largest absolute Gasteiger partial charge is 0.376 e. The highest BCUT2D eigenvalue weighted by Crippen LogP contribution is 2.19. The number of aromatic nitrogens is 2. The fourth-order valence-corrected chi connectivity index (χ4v) is 2.34. The molecule has 16 heavy (non-hydrogen) atoms. The van der Waals surface area contributed by atoms with Crippen molar-refractivity contribution in [1.82, 2.24) is 9.78 Å². The Balaban J connectivity index is 2.07. The smallest absolute Gasteiger partial charge is 0.262 e. The number of hydrogen-bond donors (Lipinski definition) is 1. The molecule has 0 amide bonds. The molecule has 1 fully saturated rings. The molecule has 0 spiro atoms. The summed E-state index contributed by atoms with van der Waals surface area (Å²) in [4.78, 5) is 0. The monoisotopic (exact) mass is 245 g/mol. The molecule has 1 aromatic rings. The molecule has 0 bridgehead atoms. The fraction of sp³-hybridized carbons (Fsp3) is 0.667. The van der Waals surface area contributed by atoms with Gasteiger partial charge >= 0.3 is 0 Å². The van der Waals surface area contributed by atoms with Crippen LogP contribution in [0.1, 0.15) is 12.8 Å². The molecule has 1 aliphatic heterocycles. The van der Waals surface area contributed by atoms with Gasteiger partial charge in [0.05, 0.1) is 24.5 Å². The van der Waals surface area contributed by atoms with Gasteiger partial charge in [-0.2, -0.15) is 5.10 Å². The summed E-state index contributed by atoms with van der Waals surface area (Å²) >= 11 is -2.04. The van der Waals surface area contributed by atoms with Gasteiger partial charge in [-0.05, 0) is 12.8 Å². The third kappa shape index (κ3) is 2.60. The molecule has 0 aromatic carbocycles. The highest BCUT2D eigenvalue weighted by molar-refractivity contribution is 7.80. The summed E-state index contributed by atoms with van der Waals surface area (Å²) in [6.07, 6.45) is 5.28. The van der Waals surface area contributed by atoms with Crippen LogP contribution in [0, 0.1) is 0 Å². The Morgan fingerprint density at radius 1 is 1.81 bits per heavy atom.